The average molecular weight is 472 g/mol. The number of benzene rings is 3. The molecule has 0 spiro atoms. The largest absolute Gasteiger partial charge is 0.394 e. The molecular formula is C27H24N2O6. The lowest BCUT2D eigenvalue weighted by molar-refractivity contribution is -0.202. The maximum Gasteiger partial charge on any atom is 0.331 e. The van der Waals surface area contributed by atoms with Gasteiger partial charge in [-0.15, -0.1) is 0 Å². The van der Waals surface area contributed by atoms with E-state index in [-0.39, 0.29) is 11.1 Å². The topological polar surface area (TPSA) is 125 Å². The van der Waals surface area contributed by atoms with Crippen LogP contribution in [0.15, 0.2) is 113 Å². The fourth-order valence-corrected chi connectivity index (χ4v) is 5.20. The molecule has 1 aliphatic rings. The number of rotatable bonds is 5. The van der Waals surface area contributed by atoms with Crippen LogP contribution in [0.3, 0.4) is 0 Å². The summed E-state index contributed by atoms with van der Waals surface area (Å²) in [6.07, 6.45) is -0.151. The van der Waals surface area contributed by atoms with E-state index in [0.717, 1.165) is 10.6 Å². The van der Waals surface area contributed by atoms with Crippen LogP contribution in [0.5, 0.6) is 0 Å². The van der Waals surface area contributed by atoms with Crippen LogP contribution in [0.1, 0.15) is 16.7 Å². The molecule has 0 bridgehead atoms. The summed E-state index contributed by atoms with van der Waals surface area (Å²) in [7, 11) is 0. The molecule has 2 heterocycles. The number of aliphatic hydroxyl groups excluding tert-OH is 1. The third-order valence-corrected chi connectivity index (χ3v) is 6.72. The van der Waals surface area contributed by atoms with E-state index in [9.17, 15) is 24.9 Å². The first-order valence-electron chi connectivity index (χ1n) is 11.1. The molecule has 0 radical (unpaired) electrons. The van der Waals surface area contributed by atoms with Crippen molar-refractivity contribution in [1.82, 2.24) is 9.55 Å². The van der Waals surface area contributed by atoms with Crippen molar-refractivity contribution in [3.63, 3.8) is 0 Å². The number of nitrogens with one attached hydrogen (secondary N) is 1. The van der Waals surface area contributed by atoms with E-state index in [1.54, 1.807) is 91.0 Å². The molecule has 35 heavy (non-hydrogen) atoms. The second-order valence-electron chi connectivity index (χ2n) is 8.49. The summed E-state index contributed by atoms with van der Waals surface area (Å²) in [6, 6.07) is 26.4. The maximum absolute atomic E-state index is 13.2. The van der Waals surface area contributed by atoms with Crippen molar-refractivity contribution < 1.29 is 20.1 Å². The Bertz CT molecular complexity index is 1440. The number of aliphatic hydroxyl groups is 3. The first kappa shape index (κ1) is 22.9. The Morgan fingerprint density at radius 3 is 1.80 bits per heavy atom. The van der Waals surface area contributed by atoms with Crippen LogP contribution in [0.25, 0.3) is 0 Å². The lowest BCUT2D eigenvalue weighted by Gasteiger charge is -2.47. The van der Waals surface area contributed by atoms with Crippen LogP contribution >= 0.6 is 0 Å². The summed E-state index contributed by atoms with van der Waals surface area (Å²) in [5, 5.41) is 35.8. The van der Waals surface area contributed by atoms with Gasteiger partial charge in [0.1, 0.15) is 6.10 Å². The van der Waals surface area contributed by atoms with Crippen molar-refractivity contribution in [2.45, 2.75) is 23.0 Å². The highest BCUT2D eigenvalue weighted by molar-refractivity contribution is 5.45. The molecule has 1 saturated heterocycles. The van der Waals surface area contributed by atoms with Gasteiger partial charge in [-0.25, -0.2) is 4.79 Å². The van der Waals surface area contributed by atoms with E-state index >= 15 is 0 Å². The second-order valence-corrected chi connectivity index (χ2v) is 8.49. The van der Waals surface area contributed by atoms with Gasteiger partial charge in [-0.3, -0.25) is 14.3 Å². The minimum absolute atomic E-state index is 0.240. The highest BCUT2D eigenvalue weighted by Gasteiger charge is 2.76. The van der Waals surface area contributed by atoms with Gasteiger partial charge in [0.25, 0.3) is 5.56 Å². The summed E-state index contributed by atoms with van der Waals surface area (Å²) in [5.74, 6) is 0. The molecular weight excluding hydrogens is 448 g/mol. The van der Waals surface area contributed by atoms with Gasteiger partial charge in [0, 0.05) is 17.8 Å². The summed E-state index contributed by atoms with van der Waals surface area (Å²) in [6.45, 7) is -0.673. The van der Waals surface area contributed by atoms with Crippen LogP contribution in [-0.4, -0.2) is 37.6 Å². The van der Waals surface area contributed by atoms with Crippen molar-refractivity contribution in [2.75, 3.05) is 6.61 Å². The van der Waals surface area contributed by atoms with Gasteiger partial charge in [0.15, 0.2) is 11.2 Å². The standard InChI is InChI=1S/C27H24N2O6/c30-18-22-25(33,19-10-4-1-5-11-19)26(34,20-12-6-2-7-13-20)27(35-22,21-14-8-3-9-15-21)29-17-16-23(31)28-24(29)32/h1-17,22,30,33-34H,18H2,(H,28,31,32)/t22-,25-,26-,27-/m1/s1. The van der Waals surface area contributed by atoms with Crippen LogP contribution < -0.4 is 11.2 Å². The Balaban J connectivity index is 1.98. The molecule has 1 aliphatic heterocycles. The van der Waals surface area contributed by atoms with Crippen molar-refractivity contribution in [1.29, 1.82) is 0 Å². The number of nitrogens with zero attached hydrogens (tertiary/aromatic N) is 1. The molecule has 4 atom stereocenters. The molecule has 0 unspecified atom stereocenters. The fourth-order valence-electron chi connectivity index (χ4n) is 5.20. The number of H-pyrrole nitrogens is 1. The van der Waals surface area contributed by atoms with Crippen molar-refractivity contribution >= 4 is 0 Å². The molecule has 178 valence electrons. The number of hydrogen-bond donors (Lipinski definition) is 4. The van der Waals surface area contributed by atoms with Gasteiger partial charge in [-0.2, -0.15) is 0 Å². The SMILES string of the molecule is O=c1ccn([C@]2(c3ccccc3)O[C@H](CO)[C@](O)(c3ccccc3)[C@]2(O)c2ccccc2)c(=O)[nH]1. The normalized spacial score (nSPS) is 28.1. The number of aromatic amines is 1. The van der Waals surface area contributed by atoms with Gasteiger partial charge in [-0.1, -0.05) is 91.0 Å². The fraction of sp³-hybridized carbons (Fsp3) is 0.185. The molecule has 4 N–H and O–H groups in total. The van der Waals surface area contributed by atoms with Crippen molar-refractivity contribution in [3.8, 4) is 0 Å². The molecule has 0 amide bonds. The van der Waals surface area contributed by atoms with Gasteiger partial charge in [0.05, 0.1) is 6.61 Å². The molecule has 1 aromatic heterocycles. The van der Waals surface area contributed by atoms with Gasteiger partial charge >= 0.3 is 5.69 Å². The highest BCUT2D eigenvalue weighted by Crippen LogP contribution is 2.61. The third-order valence-electron chi connectivity index (χ3n) is 6.72. The van der Waals surface area contributed by atoms with E-state index in [1.165, 1.54) is 6.20 Å². The van der Waals surface area contributed by atoms with E-state index < -0.39 is 40.9 Å². The van der Waals surface area contributed by atoms with Crippen LogP contribution in [0, 0.1) is 0 Å². The third kappa shape index (κ3) is 3.08. The maximum atomic E-state index is 13.2. The summed E-state index contributed by atoms with van der Waals surface area (Å²) in [5.41, 5.74) is -7.32. The molecule has 4 aromatic rings. The Morgan fingerprint density at radius 1 is 0.771 bits per heavy atom. The molecule has 5 rings (SSSR count). The zero-order chi connectivity index (χ0) is 24.7. The minimum atomic E-state index is -2.36. The van der Waals surface area contributed by atoms with Gasteiger partial charge in [0.2, 0.25) is 5.72 Å². The number of hydrogen-bond acceptors (Lipinski definition) is 6. The summed E-state index contributed by atoms with van der Waals surface area (Å²) < 4.78 is 7.48. The minimum Gasteiger partial charge on any atom is -0.394 e. The second kappa shape index (κ2) is 8.44. The van der Waals surface area contributed by atoms with Gasteiger partial charge < -0.3 is 20.1 Å². The predicted octanol–water partition coefficient (Wildman–Crippen LogP) is 1.40. The number of aromatic nitrogens is 2. The Morgan fingerprint density at radius 2 is 1.29 bits per heavy atom. The predicted molar refractivity (Wildman–Crippen MR) is 127 cm³/mol. The lowest BCUT2D eigenvalue weighted by atomic mass is 9.66. The van der Waals surface area contributed by atoms with Crippen LogP contribution in [0.4, 0.5) is 0 Å². The molecule has 8 nitrogen and oxygen atoms in total. The average Bonchev–Trinajstić information content (AvgIpc) is 3.11. The van der Waals surface area contributed by atoms with Crippen LogP contribution in [0.2, 0.25) is 0 Å². The van der Waals surface area contributed by atoms with E-state index in [0.29, 0.717) is 5.56 Å². The zero-order valence-corrected chi connectivity index (χ0v) is 18.6. The molecule has 8 heteroatoms. The van der Waals surface area contributed by atoms with Crippen LogP contribution in [-0.2, 0) is 21.7 Å². The lowest BCUT2D eigenvalue weighted by Crippen LogP contribution is -2.62. The molecule has 1 fully saturated rings. The Labute approximate surface area is 200 Å². The first-order valence-corrected chi connectivity index (χ1v) is 11.1. The molecule has 3 aromatic carbocycles. The highest BCUT2D eigenvalue weighted by atomic mass is 16.6. The van der Waals surface area contributed by atoms with E-state index in [2.05, 4.69) is 4.98 Å². The summed E-state index contributed by atoms with van der Waals surface area (Å²) in [4.78, 5) is 27.4. The van der Waals surface area contributed by atoms with Gasteiger partial charge in [-0.05, 0) is 11.1 Å². The number of ether oxygens (including phenoxy) is 1. The quantitative estimate of drug-likeness (QED) is 0.348. The Hall–Kier alpha value is -3.82. The molecule has 0 saturated carbocycles. The smallest absolute Gasteiger partial charge is 0.331 e. The van der Waals surface area contributed by atoms with Crippen molar-refractivity contribution in [2.24, 2.45) is 0 Å². The Kier molecular flexibility index (Phi) is 5.53. The zero-order valence-electron chi connectivity index (χ0n) is 18.6. The summed E-state index contributed by atoms with van der Waals surface area (Å²) >= 11 is 0. The van der Waals surface area contributed by atoms with Crippen molar-refractivity contribution in [3.05, 3.63) is 141 Å². The first-order chi connectivity index (χ1) is 16.9. The van der Waals surface area contributed by atoms with E-state index in [1.807, 2.05) is 0 Å². The molecule has 0 aliphatic carbocycles. The van der Waals surface area contributed by atoms with E-state index in [4.69, 9.17) is 4.74 Å². The monoisotopic (exact) mass is 472 g/mol.